The number of likely N-dealkylation sites (N-methyl/N-ethyl adjacent to an activating group) is 2. The molecule has 0 bridgehead atoms. The number of rotatable bonds is 20. The number of ether oxygens (including phenoxy) is 3. The summed E-state index contributed by atoms with van der Waals surface area (Å²) in [6, 6.07) is 5.25. The summed E-state index contributed by atoms with van der Waals surface area (Å²) in [5.74, 6) is -1.62. The van der Waals surface area contributed by atoms with Crippen LogP contribution in [0, 0.1) is 23.7 Å². The van der Waals surface area contributed by atoms with Gasteiger partial charge in [-0.2, -0.15) is 0 Å². The van der Waals surface area contributed by atoms with Crippen molar-refractivity contribution in [2.45, 2.75) is 143 Å². The van der Waals surface area contributed by atoms with Crippen LogP contribution < -0.4 is 16.0 Å². The smallest absolute Gasteiger partial charge is 0.412 e. The summed E-state index contributed by atoms with van der Waals surface area (Å²) < 4.78 is 17.2. The molecule has 1 aromatic carbocycles. The van der Waals surface area contributed by atoms with Crippen LogP contribution in [-0.2, 0) is 39.9 Å². The number of nitrogens with zero attached hydrogens (tertiary/aromatic N) is 3. The van der Waals surface area contributed by atoms with Gasteiger partial charge in [0.25, 0.3) is 0 Å². The Bertz CT molecular complexity index is 1480. The molecule has 0 unspecified atom stereocenters. The van der Waals surface area contributed by atoms with E-state index in [1.54, 1.807) is 60.1 Å². The van der Waals surface area contributed by atoms with Crippen molar-refractivity contribution in [3.63, 3.8) is 0 Å². The molecule has 14 heteroatoms. The third-order valence-corrected chi connectivity index (χ3v) is 11.1. The fourth-order valence-corrected chi connectivity index (χ4v) is 8.07. The first-order valence-electron chi connectivity index (χ1n) is 20.5. The van der Waals surface area contributed by atoms with Gasteiger partial charge in [0.2, 0.25) is 23.6 Å². The van der Waals surface area contributed by atoms with Crippen LogP contribution in [0.4, 0.5) is 10.5 Å². The average molecular weight is 803 g/mol. The van der Waals surface area contributed by atoms with Gasteiger partial charge in [0, 0.05) is 47.1 Å². The molecule has 0 aromatic heterocycles. The molecule has 0 saturated carbocycles. The third-order valence-electron chi connectivity index (χ3n) is 11.1. The van der Waals surface area contributed by atoms with Gasteiger partial charge in [-0.05, 0) is 76.1 Å². The molecular formula is C43H74N6O8. The van der Waals surface area contributed by atoms with Gasteiger partial charge in [-0.25, -0.2) is 4.79 Å². The van der Waals surface area contributed by atoms with Crippen molar-refractivity contribution >= 4 is 35.4 Å². The number of methoxy groups -OCH3 is 2. The Morgan fingerprint density at radius 1 is 0.947 bits per heavy atom. The second-order valence-electron chi connectivity index (χ2n) is 17.4. The predicted octanol–water partition coefficient (Wildman–Crippen LogP) is 5.30. The number of nitrogens with one attached hydrogen (secondary N) is 3. The molecule has 3 N–H and O–H groups in total. The number of anilines is 1. The van der Waals surface area contributed by atoms with Crippen molar-refractivity contribution in [2.24, 2.45) is 23.7 Å². The molecule has 1 aliphatic heterocycles. The first kappa shape index (κ1) is 49.4. The summed E-state index contributed by atoms with van der Waals surface area (Å²) in [5.41, 5.74) is 0.831. The predicted molar refractivity (Wildman–Crippen MR) is 223 cm³/mol. The van der Waals surface area contributed by atoms with Gasteiger partial charge in [-0.1, -0.05) is 67.0 Å². The van der Waals surface area contributed by atoms with Crippen molar-refractivity contribution in [3.8, 4) is 0 Å². The van der Waals surface area contributed by atoms with E-state index in [0.29, 0.717) is 18.8 Å². The highest BCUT2D eigenvalue weighted by Crippen LogP contribution is 2.30. The highest BCUT2D eigenvalue weighted by Gasteiger charge is 2.43. The molecule has 14 nitrogen and oxygen atoms in total. The lowest BCUT2D eigenvalue weighted by atomic mass is 9.89. The number of hydrogen-bond donors (Lipinski definition) is 3. The number of benzene rings is 1. The molecule has 57 heavy (non-hydrogen) atoms. The van der Waals surface area contributed by atoms with E-state index in [9.17, 15) is 24.0 Å². The first-order chi connectivity index (χ1) is 26.6. The standard InChI is InChI=1S/C43H74N6O8/c1-16-28(6)37(33(55-14)24-34(50)49-22-18-21-32(49)38(56-15)29(7)39(51)44-11)48(13)41(53)35(26(2)3)46-40(52)36(27(4)5)47(12)25-30-19-17-20-31(23-30)45-42(54)57-43(8,9)10/h17,19-20,23,26-29,32-33,35-38H,16,18,21-22,24-25H2,1-15H3,(H,44,51)(H,45,54)(H,46,52)/t28-,29+,32-,33+,35-,36-,37-,38+/m0/s1. The second-order valence-corrected chi connectivity index (χ2v) is 17.4. The van der Waals surface area contributed by atoms with Crippen LogP contribution in [0.15, 0.2) is 24.3 Å². The molecule has 324 valence electrons. The Balaban J connectivity index is 2.29. The molecule has 2 rings (SSSR count). The molecule has 0 aliphatic carbocycles. The minimum absolute atomic E-state index is 0.0373. The summed E-state index contributed by atoms with van der Waals surface area (Å²) in [6.45, 7) is 20.0. The van der Waals surface area contributed by atoms with E-state index < -0.39 is 47.9 Å². The number of amides is 5. The maximum atomic E-state index is 14.5. The molecule has 1 aromatic rings. The minimum Gasteiger partial charge on any atom is -0.444 e. The molecule has 0 radical (unpaired) electrons. The molecule has 1 fully saturated rings. The van der Waals surface area contributed by atoms with Crippen LogP contribution in [0.5, 0.6) is 0 Å². The Hall–Kier alpha value is -3.75. The van der Waals surface area contributed by atoms with Gasteiger partial charge < -0.3 is 34.6 Å². The van der Waals surface area contributed by atoms with Crippen LogP contribution in [0.2, 0.25) is 0 Å². The van der Waals surface area contributed by atoms with Gasteiger partial charge in [0.15, 0.2) is 0 Å². The molecule has 1 aliphatic rings. The van der Waals surface area contributed by atoms with Gasteiger partial charge >= 0.3 is 6.09 Å². The Kier molecular flexibility index (Phi) is 19.4. The molecule has 0 spiro atoms. The summed E-state index contributed by atoms with van der Waals surface area (Å²) in [7, 11) is 8.32. The van der Waals surface area contributed by atoms with E-state index in [1.807, 2.05) is 83.5 Å². The van der Waals surface area contributed by atoms with E-state index in [2.05, 4.69) is 16.0 Å². The zero-order valence-electron chi connectivity index (χ0n) is 37.4. The van der Waals surface area contributed by atoms with Gasteiger partial charge in [-0.15, -0.1) is 0 Å². The fraction of sp³-hybridized carbons (Fsp3) is 0.744. The Morgan fingerprint density at radius 2 is 1.60 bits per heavy atom. The highest BCUT2D eigenvalue weighted by molar-refractivity contribution is 5.90. The average Bonchev–Trinajstić information content (AvgIpc) is 3.61. The summed E-state index contributed by atoms with van der Waals surface area (Å²) >= 11 is 0. The first-order valence-corrected chi connectivity index (χ1v) is 20.5. The van der Waals surface area contributed by atoms with E-state index in [0.717, 1.165) is 24.8 Å². The third kappa shape index (κ3) is 14.0. The zero-order valence-corrected chi connectivity index (χ0v) is 37.4. The minimum atomic E-state index is -0.838. The van der Waals surface area contributed by atoms with E-state index in [4.69, 9.17) is 14.2 Å². The van der Waals surface area contributed by atoms with Gasteiger partial charge in [-0.3, -0.25) is 29.4 Å². The molecular weight excluding hydrogens is 729 g/mol. The van der Waals surface area contributed by atoms with Gasteiger partial charge in [0.1, 0.15) is 11.6 Å². The highest BCUT2D eigenvalue weighted by atomic mass is 16.6. The molecule has 1 heterocycles. The van der Waals surface area contributed by atoms with E-state index >= 15 is 0 Å². The van der Waals surface area contributed by atoms with Crippen LogP contribution in [0.25, 0.3) is 0 Å². The van der Waals surface area contributed by atoms with E-state index in [1.165, 1.54) is 0 Å². The molecule has 1 saturated heterocycles. The quantitative estimate of drug-likeness (QED) is 0.159. The fourth-order valence-electron chi connectivity index (χ4n) is 8.07. The molecule has 5 amide bonds. The lowest BCUT2D eigenvalue weighted by molar-refractivity contribution is -0.148. The lowest BCUT2D eigenvalue weighted by Gasteiger charge is -2.41. The maximum Gasteiger partial charge on any atom is 0.412 e. The van der Waals surface area contributed by atoms with Crippen molar-refractivity contribution in [3.05, 3.63) is 29.8 Å². The summed E-state index contributed by atoms with van der Waals surface area (Å²) in [4.78, 5) is 73.0. The van der Waals surface area contributed by atoms with Crippen molar-refractivity contribution in [1.29, 1.82) is 0 Å². The van der Waals surface area contributed by atoms with Crippen LogP contribution >= 0.6 is 0 Å². The monoisotopic (exact) mass is 803 g/mol. The largest absolute Gasteiger partial charge is 0.444 e. The number of carbonyl (C=O) groups excluding carboxylic acids is 5. The topological polar surface area (TPSA) is 159 Å². The summed E-state index contributed by atoms with van der Waals surface area (Å²) in [6.07, 6.45) is 0.632. The van der Waals surface area contributed by atoms with E-state index in [-0.39, 0.29) is 53.8 Å². The van der Waals surface area contributed by atoms with Crippen LogP contribution in [0.3, 0.4) is 0 Å². The SMILES string of the molecule is CC[C@H](C)[C@@H]([C@@H](CC(=O)N1CCC[C@H]1[C@H](OC)[C@@H](C)C(=O)NC)OC)N(C)C(=O)[C@@H](NC(=O)[C@H](C(C)C)N(C)Cc1cccc(NC(=O)OC(C)(C)C)c1)C(C)C. The van der Waals surface area contributed by atoms with Crippen molar-refractivity contribution < 1.29 is 38.2 Å². The van der Waals surface area contributed by atoms with Crippen molar-refractivity contribution in [2.75, 3.05) is 47.2 Å². The Labute approximate surface area is 342 Å². The zero-order chi connectivity index (χ0) is 43.4. The maximum absolute atomic E-state index is 14.5. The van der Waals surface area contributed by atoms with Crippen LogP contribution in [-0.4, -0.2) is 128 Å². The molecule has 8 atom stereocenters. The van der Waals surface area contributed by atoms with Crippen LogP contribution in [0.1, 0.15) is 100 Å². The lowest BCUT2D eigenvalue weighted by Crippen LogP contribution is -2.60. The normalized spacial score (nSPS) is 18.4. The van der Waals surface area contributed by atoms with Crippen molar-refractivity contribution in [1.82, 2.24) is 25.3 Å². The second kappa shape index (κ2) is 22.4. The number of carbonyl (C=O) groups is 5. The van der Waals surface area contributed by atoms with Gasteiger partial charge in [0.05, 0.1) is 42.7 Å². The number of likely N-dealkylation sites (tertiary alicyclic amines) is 1. The Morgan fingerprint density at radius 3 is 2.12 bits per heavy atom. The number of hydrogen-bond acceptors (Lipinski definition) is 9. The summed E-state index contributed by atoms with van der Waals surface area (Å²) in [5, 5.41) is 8.56.